The van der Waals surface area contributed by atoms with Crippen molar-refractivity contribution in [2.24, 2.45) is 0 Å². The van der Waals surface area contributed by atoms with Gasteiger partial charge in [-0.1, -0.05) is 112 Å². The molecule has 0 amide bonds. The molecule has 6 rings (SSSR count). The standard InChI is InChI=1S/C42H42/c1-8-11-21-42(7)40-25-35(31(10-3)27(4)16-9-2)28(5)22-38(40)39-23-29(6)36(26-41(39)42)37-24-30-17-12-13-18-32(30)33-19-14-15-20-34(33)37/h9-10,12-20,22-26H,4,8,11,21H2,1-3,5-7H3/b16-9-,31-10+. The summed E-state index contributed by atoms with van der Waals surface area (Å²) in [5.74, 6) is 0. The third kappa shape index (κ3) is 4.36. The molecule has 0 heteroatoms. The first-order valence-corrected chi connectivity index (χ1v) is 15.5. The molecule has 0 aromatic heterocycles. The van der Waals surface area contributed by atoms with Gasteiger partial charge in [0.05, 0.1) is 0 Å². The van der Waals surface area contributed by atoms with Crippen molar-refractivity contribution in [3.63, 3.8) is 0 Å². The lowest BCUT2D eigenvalue weighted by atomic mass is 9.74. The summed E-state index contributed by atoms with van der Waals surface area (Å²) < 4.78 is 0. The molecule has 1 aliphatic rings. The molecule has 0 heterocycles. The predicted molar refractivity (Wildman–Crippen MR) is 185 cm³/mol. The molecule has 1 aliphatic carbocycles. The average molecular weight is 547 g/mol. The first-order chi connectivity index (χ1) is 20.3. The van der Waals surface area contributed by atoms with Gasteiger partial charge in [-0.05, 0) is 135 Å². The maximum atomic E-state index is 4.40. The lowest BCUT2D eigenvalue weighted by molar-refractivity contribution is 0.504. The monoisotopic (exact) mass is 546 g/mol. The smallest absolute Gasteiger partial charge is 0.0187 e. The number of fused-ring (bicyclic) bond motifs is 6. The van der Waals surface area contributed by atoms with E-state index in [1.165, 1.54) is 90.0 Å². The van der Waals surface area contributed by atoms with Crippen LogP contribution in [-0.2, 0) is 5.41 Å². The summed E-state index contributed by atoms with van der Waals surface area (Å²) in [5.41, 5.74) is 14.6. The van der Waals surface area contributed by atoms with Gasteiger partial charge in [-0.2, -0.15) is 0 Å². The summed E-state index contributed by atoms with van der Waals surface area (Å²) >= 11 is 0. The van der Waals surface area contributed by atoms with Gasteiger partial charge < -0.3 is 0 Å². The van der Waals surface area contributed by atoms with Crippen molar-refractivity contribution < 1.29 is 0 Å². The Kier molecular flexibility index (Phi) is 7.27. The minimum atomic E-state index is -0.0565. The van der Waals surface area contributed by atoms with Crippen LogP contribution in [0.4, 0.5) is 0 Å². The summed E-state index contributed by atoms with van der Waals surface area (Å²) in [6.45, 7) is 17.9. The second-order valence-electron chi connectivity index (χ2n) is 12.3. The highest BCUT2D eigenvalue weighted by atomic mass is 14.4. The van der Waals surface area contributed by atoms with E-state index in [9.17, 15) is 0 Å². The van der Waals surface area contributed by atoms with Crippen molar-refractivity contribution in [3.8, 4) is 22.3 Å². The van der Waals surface area contributed by atoms with Crippen molar-refractivity contribution in [2.45, 2.75) is 66.2 Å². The molecule has 0 bridgehead atoms. The summed E-state index contributed by atoms with van der Waals surface area (Å²) in [4.78, 5) is 0. The van der Waals surface area contributed by atoms with Crippen molar-refractivity contribution in [3.05, 3.63) is 137 Å². The van der Waals surface area contributed by atoms with E-state index in [0.717, 1.165) is 12.0 Å². The minimum absolute atomic E-state index is 0.0565. The van der Waals surface area contributed by atoms with Gasteiger partial charge in [-0.3, -0.25) is 0 Å². The Hall–Kier alpha value is -4.16. The van der Waals surface area contributed by atoms with Gasteiger partial charge >= 0.3 is 0 Å². The zero-order valence-electron chi connectivity index (χ0n) is 26.1. The molecule has 0 spiro atoms. The number of hydrogen-bond acceptors (Lipinski definition) is 0. The van der Waals surface area contributed by atoms with Gasteiger partial charge in [0.2, 0.25) is 0 Å². The lowest BCUT2D eigenvalue weighted by Gasteiger charge is -2.29. The Morgan fingerprint density at radius 2 is 1.38 bits per heavy atom. The van der Waals surface area contributed by atoms with E-state index in [1.807, 2.05) is 0 Å². The number of hydrogen-bond donors (Lipinski definition) is 0. The van der Waals surface area contributed by atoms with Crippen LogP contribution in [0, 0.1) is 13.8 Å². The Labute approximate surface area is 252 Å². The van der Waals surface area contributed by atoms with E-state index < -0.39 is 0 Å². The Morgan fingerprint density at radius 1 is 0.738 bits per heavy atom. The summed E-state index contributed by atoms with van der Waals surface area (Å²) in [7, 11) is 0. The van der Waals surface area contributed by atoms with E-state index in [1.54, 1.807) is 0 Å². The van der Waals surface area contributed by atoms with Gasteiger partial charge in [0, 0.05) is 5.41 Å². The molecule has 5 aromatic carbocycles. The van der Waals surface area contributed by atoms with Crippen LogP contribution >= 0.6 is 0 Å². The van der Waals surface area contributed by atoms with Crippen molar-refractivity contribution in [1.82, 2.24) is 0 Å². The summed E-state index contributed by atoms with van der Waals surface area (Å²) in [6.07, 6.45) is 9.93. The van der Waals surface area contributed by atoms with Crippen LogP contribution in [0.2, 0.25) is 0 Å². The zero-order valence-corrected chi connectivity index (χ0v) is 26.1. The SMILES string of the molecule is C=C(/C=C\C)/C(=C\C)c1cc2c(cc1C)-c1cc(C)c(-c3cc4ccccc4c4ccccc34)cc1C2(C)CCCC. The van der Waals surface area contributed by atoms with Crippen LogP contribution in [0.25, 0.3) is 49.4 Å². The zero-order chi connectivity index (χ0) is 29.6. The quantitative estimate of drug-likeness (QED) is 0.141. The van der Waals surface area contributed by atoms with Crippen LogP contribution in [0.15, 0.2) is 109 Å². The molecule has 5 aromatic rings. The fourth-order valence-corrected chi connectivity index (χ4v) is 7.38. The molecule has 210 valence electrons. The van der Waals surface area contributed by atoms with Crippen LogP contribution in [-0.4, -0.2) is 0 Å². The number of benzene rings is 5. The van der Waals surface area contributed by atoms with Crippen LogP contribution in [0.3, 0.4) is 0 Å². The summed E-state index contributed by atoms with van der Waals surface area (Å²) in [6, 6.07) is 30.1. The third-order valence-corrected chi connectivity index (χ3v) is 9.59. The van der Waals surface area contributed by atoms with E-state index in [4.69, 9.17) is 0 Å². The molecule has 42 heavy (non-hydrogen) atoms. The minimum Gasteiger partial charge on any atom is -0.0912 e. The van der Waals surface area contributed by atoms with Gasteiger partial charge in [0.25, 0.3) is 0 Å². The highest BCUT2D eigenvalue weighted by Gasteiger charge is 2.40. The van der Waals surface area contributed by atoms with Crippen molar-refractivity contribution in [2.75, 3.05) is 0 Å². The molecule has 0 N–H and O–H groups in total. The first-order valence-electron chi connectivity index (χ1n) is 15.5. The topological polar surface area (TPSA) is 0 Å². The molecular weight excluding hydrogens is 504 g/mol. The second kappa shape index (κ2) is 10.9. The van der Waals surface area contributed by atoms with Crippen molar-refractivity contribution in [1.29, 1.82) is 0 Å². The average Bonchev–Trinajstić information content (AvgIpc) is 3.22. The van der Waals surface area contributed by atoms with E-state index in [2.05, 4.69) is 145 Å². The van der Waals surface area contributed by atoms with Crippen LogP contribution in [0.5, 0.6) is 0 Å². The number of allylic oxidation sites excluding steroid dienone is 5. The van der Waals surface area contributed by atoms with Crippen LogP contribution in [0.1, 0.15) is 74.8 Å². The van der Waals surface area contributed by atoms with Crippen LogP contribution < -0.4 is 0 Å². The summed E-state index contributed by atoms with van der Waals surface area (Å²) in [5, 5.41) is 5.26. The van der Waals surface area contributed by atoms with Gasteiger partial charge in [-0.15, -0.1) is 0 Å². The highest BCUT2D eigenvalue weighted by Crippen LogP contribution is 2.54. The molecule has 0 nitrogen and oxygen atoms in total. The maximum absolute atomic E-state index is 4.40. The van der Waals surface area contributed by atoms with E-state index >= 15 is 0 Å². The fraction of sp³-hybridized carbons (Fsp3) is 0.238. The normalized spacial score (nSPS) is 16.4. The highest BCUT2D eigenvalue weighted by molar-refractivity contribution is 6.14. The van der Waals surface area contributed by atoms with E-state index in [-0.39, 0.29) is 5.41 Å². The largest absolute Gasteiger partial charge is 0.0912 e. The molecule has 0 saturated heterocycles. The molecule has 0 aliphatic heterocycles. The molecule has 1 atom stereocenters. The predicted octanol–water partition coefficient (Wildman–Crippen LogP) is 12.3. The van der Waals surface area contributed by atoms with Gasteiger partial charge in [0.1, 0.15) is 0 Å². The van der Waals surface area contributed by atoms with Crippen molar-refractivity contribution >= 4 is 27.1 Å². The van der Waals surface area contributed by atoms with Gasteiger partial charge in [-0.25, -0.2) is 0 Å². The molecule has 0 fully saturated rings. The lowest BCUT2D eigenvalue weighted by Crippen LogP contribution is -2.21. The van der Waals surface area contributed by atoms with E-state index in [0.29, 0.717) is 0 Å². The number of rotatable bonds is 7. The maximum Gasteiger partial charge on any atom is 0.0187 e. The number of unbranched alkanes of at least 4 members (excludes halogenated alkanes) is 1. The molecule has 0 radical (unpaired) electrons. The van der Waals surface area contributed by atoms with Gasteiger partial charge in [0.15, 0.2) is 0 Å². The third-order valence-electron chi connectivity index (χ3n) is 9.59. The first kappa shape index (κ1) is 28.0. The second-order valence-corrected chi connectivity index (χ2v) is 12.3. The molecule has 1 unspecified atom stereocenters. The number of aryl methyl sites for hydroxylation is 2. The Morgan fingerprint density at radius 3 is 2.07 bits per heavy atom. The fourth-order valence-electron chi connectivity index (χ4n) is 7.38. The molecular formula is C42H42. The molecule has 0 saturated carbocycles. The Balaban J connectivity index is 1.61. The Bertz CT molecular complexity index is 1930.